The van der Waals surface area contributed by atoms with Crippen LogP contribution in [0.4, 0.5) is 30.6 Å². The predicted molar refractivity (Wildman–Crippen MR) is 110 cm³/mol. The third-order valence-electron chi connectivity index (χ3n) is 4.23. The minimum atomic E-state index is -4.62. The summed E-state index contributed by atoms with van der Waals surface area (Å²) in [6, 6.07) is 4.46. The largest absolute Gasteiger partial charge is 0.465 e. The predicted octanol–water partition coefficient (Wildman–Crippen LogP) is 5.02. The first-order valence-electron chi connectivity index (χ1n) is 9.04. The quantitative estimate of drug-likeness (QED) is 0.477. The van der Waals surface area contributed by atoms with E-state index in [1.54, 1.807) is 12.1 Å². The molecule has 0 saturated heterocycles. The Balaban J connectivity index is 2.35. The van der Waals surface area contributed by atoms with Gasteiger partial charge in [0.05, 0.1) is 12.7 Å². The SMILES string of the molecule is CCC(CCOC)Nc1nc(Nc2ccc(Br)c(C(=O)OC)c2)ncc1C(F)(F)F. The first-order chi connectivity index (χ1) is 14.2. The van der Waals surface area contributed by atoms with Gasteiger partial charge in [-0.05, 0) is 47.0 Å². The van der Waals surface area contributed by atoms with Gasteiger partial charge in [0.25, 0.3) is 0 Å². The highest BCUT2D eigenvalue weighted by molar-refractivity contribution is 9.10. The van der Waals surface area contributed by atoms with E-state index in [1.165, 1.54) is 20.3 Å². The number of aromatic nitrogens is 2. The minimum Gasteiger partial charge on any atom is -0.465 e. The van der Waals surface area contributed by atoms with Crippen LogP contribution >= 0.6 is 15.9 Å². The number of carbonyl (C=O) groups excluding carboxylic acids is 1. The van der Waals surface area contributed by atoms with Crippen molar-refractivity contribution in [1.82, 2.24) is 9.97 Å². The number of rotatable bonds is 9. The molecule has 0 fully saturated rings. The molecule has 2 rings (SSSR count). The lowest BCUT2D eigenvalue weighted by Crippen LogP contribution is -2.24. The number of methoxy groups -OCH3 is 2. The van der Waals surface area contributed by atoms with E-state index in [-0.39, 0.29) is 23.4 Å². The monoisotopic (exact) mass is 490 g/mol. The standard InChI is InChI=1S/C19H22BrF3N4O3/c1-4-11(7-8-29-2)25-16-14(19(21,22)23)10-24-18(27-16)26-12-5-6-15(20)13(9-12)17(28)30-3/h5-6,9-11H,4,7-8H2,1-3H3,(H2,24,25,26,27). The summed E-state index contributed by atoms with van der Waals surface area (Å²) < 4.78 is 50.5. The summed E-state index contributed by atoms with van der Waals surface area (Å²) in [5.41, 5.74) is -0.302. The van der Waals surface area contributed by atoms with Gasteiger partial charge in [-0.1, -0.05) is 6.92 Å². The molecule has 0 aliphatic rings. The highest BCUT2D eigenvalue weighted by Crippen LogP contribution is 2.35. The molecule has 1 heterocycles. The van der Waals surface area contributed by atoms with Crippen molar-refractivity contribution >= 4 is 39.4 Å². The van der Waals surface area contributed by atoms with Crippen LogP contribution in [0.25, 0.3) is 0 Å². The van der Waals surface area contributed by atoms with Crippen LogP contribution in [-0.4, -0.2) is 42.8 Å². The second kappa shape index (κ2) is 10.6. The first-order valence-corrected chi connectivity index (χ1v) is 9.83. The zero-order chi connectivity index (χ0) is 22.3. The molecule has 7 nitrogen and oxygen atoms in total. The molecule has 0 amide bonds. The van der Waals surface area contributed by atoms with Crippen molar-refractivity contribution in [2.75, 3.05) is 31.5 Å². The second-order valence-electron chi connectivity index (χ2n) is 6.30. The molecule has 11 heteroatoms. The maximum Gasteiger partial charge on any atom is 0.421 e. The van der Waals surface area contributed by atoms with Gasteiger partial charge < -0.3 is 20.1 Å². The fraction of sp³-hybridized carbons (Fsp3) is 0.421. The van der Waals surface area contributed by atoms with E-state index in [0.717, 1.165) is 6.20 Å². The van der Waals surface area contributed by atoms with Gasteiger partial charge in [0.2, 0.25) is 5.95 Å². The third kappa shape index (κ3) is 6.30. The fourth-order valence-electron chi connectivity index (χ4n) is 2.59. The number of hydrogen-bond donors (Lipinski definition) is 2. The number of hydrogen-bond acceptors (Lipinski definition) is 7. The Morgan fingerprint density at radius 2 is 2.03 bits per heavy atom. The Labute approximate surface area is 180 Å². The summed E-state index contributed by atoms with van der Waals surface area (Å²) in [4.78, 5) is 19.6. The van der Waals surface area contributed by atoms with Crippen molar-refractivity contribution in [3.63, 3.8) is 0 Å². The highest BCUT2D eigenvalue weighted by Gasteiger charge is 2.35. The van der Waals surface area contributed by atoms with E-state index in [0.29, 0.717) is 29.6 Å². The lowest BCUT2D eigenvalue weighted by atomic mass is 10.1. The lowest BCUT2D eigenvalue weighted by molar-refractivity contribution is -0.137. The van der Waals surface area contributed by atoms with Crippen molar-refractivity contribution in [3.05, 3.63) is 40.0 Å². The maximum absolute atomic E-state index is 13.4. The van der Waals surface area contributed by atoms with Gasteiger partial charge in [-0.15, -0.1) is 0 Å². The molecule has 0 spiro atoms. The first kappa shape index (κ1) is 23.9. The van der Waals surface area contributed by atoms with Crippen LogP contribution in [0.1, 0.15) is 35.7 Å². The molecular weight excluding hydrogens is 469 g/mol. The van der Waals surface area contributed by atoms with Crippen LogP contribution in [0, 0.1) is 0 Å². The number of nitrogens with zero attached hydrogens (tertiary/aromatic N) is 2. The molecular formula is C19H22BrF3N4O3. The van der Waals surface area contributed by atoms with E-state index in [9.17, 15) is 18.0 Å². The summed E-state index contributed by atoms with van der Waals surface area (Å²) in [5.74, 6) is -0.941. The second-order valence-corrected chi connectivity index (χ2v) is 7.15. The van der Waals surface area contributed by atoms with Crippen LogP contribution in [-0.2, 0) is 15.7 Å². The Bertz CT molecular complexity index is 881. The van der Waals surface area contributed by atoms with Gasteiger partial charge in [0.1, 0.15) is 11.4 Å². The zero-order valence-electron chi connectivity index (χ0n) is 16.6. The molecule has 1 aromatic carbocycles. The number of halogens is 4. The van der Waals surface area contributed by atoms with Gasteiger partial charge in [0, 0.05) is 36.1 Å². The number of alkyl halides is 3. The average molecular weight is 491 g/mol. The summed E-state index contributed by atoms with van der Waals surface area (Å²) in [5, 5.41) is 5.66. The molecule has 2 aromatic rings. The summed E-state index contributed by atoms with van der Waals surface area (Å²) in [6.45, 7) is 2.26. The van der Waals surface area contributed by atoms with Gasteiger partial charge in [-0.2, -0.15) is 18.2 Å². The highest BCUT2D eigenvalue weighted by atomic mass is 79.9. The molecule has 0 aliphatic carbocycles. The van der Waals surface area contributed by atoms with E-state index in [4.69, 9.17) is 9.47 Å². The summed E-state index contributed by atoms with van der Waals surface area (Å²) >= 11 is 3.25. The van der Waals surface area contributed by atoms with Crippen molar-refractivity contribution in [2.24, 2.45) is 0 Å². The number of ether oxygens (including phenoxy) is 2. The van der Waals surface area contributed by atoms with Crippen LogP contribution in [0.3, 0.4) is 0 Å². The zero-order valence-corrected chi connectivity index (χ0v) is 18.2. The smallest absolute Gasteiger partial charge is 0.421 e. The van der Waals surface area contributed by atoms with Gasteiger partial charge in [-0.25, -0.2) is 9.78 Å². The van der Waals surface area contributed by atoms with Crippen molar-refractivity contribution in [1.29, 1.82) is 0 Å². The molecule has 0 aliphatic heterocycles. The molecule has 0 saturated carbocycles. The molecule has 2 N–H and O–H groups in total. The van der Waals surface area contributed by atoms with Crippen molar-refractivity contribution in [2.45, 2.75) is 32.0 Å². The molecule has 1 unspecified atom stereocenters. The summed E-state index contributed by atoms with van der Waals surface area (Å²) in [6.07, 6.45) is -2.79. The van der Waals surface area contributed by atoms with E-state index in [1.807, 2.05) is 6.92 Å². The Morgan fingerprint density at radius 1 is 1.30 bits per heavy atom. The number of carbonyl (C=O) groups is 1. The van der Waals surface area contributed by atoms with Crippen LogP contribution in [0.15, 0.2) is 28.9 Å². The Kier molecular flexibility index (Phi) is 8.42. The molecule has 164 valence electrons. The third-order valence-corrected chi connectivity index (χ3v) is 4.92. The number of nitrogens with one attached hydrogen (secondary N) is 2. The van der Waals surface area contributed by atoms with Crippen LogP contribution in [0.2, 0.25) is 0 Å². The molecule has 1 atom stereocenters. The van der Waals surface area contributed by atoms with E-state index in [2.05, 4.69) is 36.5 Å². The van der Waals surface area contributed by atoms with Crippen molar-refractivity contribution in [3.8, 4) is 0 Å². The maximum atomic E-state index is 13.4. The Hall–Kier alpha value is -2.40. The number of esters is 1. The topological polar surface area (TPSA) is 85.4 Å². The van der Waals surface area contributed by atoms with Gasteiger partial charge >= 0.3 is 12.1 Å². The van der Waals surface area contributed by atoms with E-state index >= 15 is 0 Å². The lowest BCUT2D eigenvalue weighted by Gasteiger charge is -2.20. The fourth-order valence-corrected chi connectivity index (χ4v) is 3.00. The van der Waals surface area contributed by atoms with Crippen LogP contribution in [0.5, 0.6) is 0 Å². The molecule has 30 heavy (non-hydrogen) atoms. The van der Waals surface area contributed by atoms with Crippen molar-refractivity contribution < 1.29 is 27.4 Å². The minimum absolute atomic E-state index is 0.0507. The molecule has 0 bridgehead atoms. The molecule has 1 aromatic heterocycles. The van der Waals surface area contributed by atoms with Gasteiger partial charge in [-0.3, -0.25) is 0 Å². The number of benzene rings is 1. The molecule has 0 radical (unpaired) electrons. The van der Waals surface area contributed by atoms with E-state index < -0.39 is 17.7 Å². The normalized spacial score (nSPS) is 12.4. The average Bonchev–Trinajstić information content (AvgIpc) is 2.71. The summed E-state index contributed by atoms with van der Waals surface area (Å²) in [7, 11) is 2.78. The van der Waals surface area contributed by atoms with Crippen LogP contribution < -0.4 is 10.6 Å². The Morgan fingerprint density at radius 3 is 2.63 bits per heavy atom. The number of anilines is 3. The van der Waals surface area contributed by atoms with Gasteiger partial charge in [0.15, 0.2) is 0 Å².